The fraction of sp³-hybridized carbons (Fsp3) is 0.259. The third-order valence-corrected chi connectivity index (χ3v) is 6.43. The molecule has 0 radical (unpaired) electrons. The van der Waals surface area contributed by atoms with Gasteiger partial charge in [-0.25, -0.2) is 9.37 Å². The van der Waals surface area contributed by atoms with Crippen molar-refractivity contribution in [2.75, 3.05) is 25.1 Å². The lowest BCUT2D eigenvalue weighted by molar-refractivity contribution is -0.384. The molecule has 196 valence electrons. The molecule has 4 aromatic rings. The molecule has 1 amide bonds. The van der Waals surface area contributed by atoms with Crippen LogP contribution in [0.2, 0.25) is 0 Å². The fourth-order valence-corrected chi connectivity index (χ4v) is 4.34. The third-order valence-electron chi connectivity index (χ3n) is 6.43. The number of pyridine rings is 1. The van der Waals surface area contributed by atoms with Gasteiger partial charge in [0.05, 0.1) is 16.7 Å². The first-order valence-corrected chi connectivity index (χ1v) is 12.2. The van der Waals surface area contributed by atoms with Crippen LogP contribution < -0.4 is 15.4 Å². The van der Waals surface area contributed by atoms with Gasteiger partial charge in [0.25, 0.3) is 11.6 Å². The van der Waals surface area contributed by atoms with Crippen molar-refractivity contribution in [3.05, 3.63) is 88.0 Å². The number of aromatic amines is 1. The van der Waals surface area contributed by atoms with Crippen molar-refractivity contribution in [1.29, 1.82) is 0 Å². The van der Waals surface area contributed by atoms with E-state index in [0.717, 1.165) is 24.3 Å². The Hall–Kier alpha value is -4.51. The molecule has 3 heterocycles. The number of aromatic nitrogens is 2. The lowest BCUT2D eigenvalue weighted by Gasteiger charge is -2.22. The number of hydrogen-bond acceptors (Lipinski definition) is 7. The van der Waals surface area contributed by atoms with Crippen molar-refractivity contribution in [2.24, 2.45) is 5.92 Å². The number of nitro benzene ring substituents is 1. The number of benzene rings is 2. The van der Waals surface area contributed by atoms with E-state index in [1.165, 1.54) is 24.4 Å². The fourth-order valence-electron chi connectivity index (χ4n) is 4.34. The SMILES string of the molecule is O=C(NCc1ccc(NCC2CCOCC2)c([N+](=O)[O-])c1)c1ccc(F)cc1Oc1cnc2[nH]ccc2c1. The van der Waals surface area contributed by atoms with E-state index in [1.54, 1.807) is 24.4 Å². The first kappa shape index (κ1) is 25.2. The maximum Gasteiger partial charge on any atom is 0.292 e. The Labute approximate surface area is 217 Å². The normalized spacial score (nSPS) is 13.8. The molecule has 0 spiro atoms. The summed E-state index contributed by atoms with van der Waals surface area (Å²) in [6.07, 6.45) is 5.04. The number of amides is 1. The van der Waals surface area contributed by atoms with E-state index in [0.29, 0.717) is 48.3 Å². The number of hydrogen-bond donors (Lipinski definition) is 3. The molecule has 0 saturated carbocycles. The van der Waals surface area contributed by atoms with Crippen molar-refractivity contribution in [1.82, 2.24) is 15.3 Å². The predicted molar refractivity (Wildman–Crippen MR) is 139 cm³/mol. The summed E-state index contributed by atoms with van der Waals surface area (Å²) in [6.45, 7) is 2.06. The molecule has 1 fully saturated rings. The summed E-state index contributed by atoms with van der Waals surface area (Å²) in [6, 6.07) is 12.0. The molecule has 1 aliphatic rings. The molecule has 0 unspecified atom stereocenters. The molecule has 2 aromatic heterocycles. The van der Waals surface area contributed by atoms with Gasteiger partial charge in [0, 0.05) is 50.0 Å². The van der Waals surface area contributed by atoms with E-state index < -0.39 is 16.6 Å². The largest absolute Gasteiger partial charge is 0.455 e. The smallest absolute Gasteiger partial charge is 0.292 e. The molecule has 0 aliphatic carbocycles. The molecule has 3 N–H and O–H groups in total. The molecule has 0 bridgehead atoms. The van der Waals surface area contributed by atoms with Crippen LogP contribution in [0, 0.1) is 21.8 Å². The average molecular weight is 520 g/mol. The van der Waals surface area contributed by atoms with E-state index >= 15 is 0 Å². The van der Waals surface area contributed by atoms with Gasteiger partial charge in [0.2, 0.25) is 0 Å². The van der Waals surface area contributed by atoms with Gasteiger partial charge < -0.3 is 25.1 Å². The van der Waals surface area contributed by atoms with Crippen LogP contribution in [-0.4, -0.2) is 40.6 Å². The number of carbonyl (C=O) groups is 1. The second kappa shape index (κ2) is 11.3. The van der Waals surface area contributed by atoms with Crippen LogP contribution in [0.15, 0.2) is 60.9 Å². The average Bonchev–Trinajstić information content (AvgIpc) is 3.39. The number of H-pyrrole nitrogens is 1. The molecule has 1 saturated heterocycles. The molecular weight excluding hydrogens is 493 g/mol. The first-order valence-electron chi connectivity index (χ1n) is 12.2. The summed E-state index contributed by atoms with van der Waals surface area (Å²) in [5.41, 5.74) is 1.70. The van der Waals surface area contributed by atoms with Crippen molar-refractivity contribution in [3.63, 3.8) is 0 Å². The van der Waals surface area contributed by atoms with Crippen molar-refractivity contribution in [3.8, 4) is 11.5 Å². The van der Waals surface area contributed by atoms with E-state index in [9.17, 15) is 19.3 Å². The van der Waals surface area contributed by atoms with Crippen molar-refractivity contribution < 1.29 is 23.6 Å². The second-order valence-corrected chi connectivity index (χ2v) is 9.06. The first-order chi connectivity index (χ1) is 18.5. The number of nitrogens with one attached hydrogen (secondary N) is 3. The molecule has 2 aromatic carbocycles. The quantitative estimate of drug-likeness (QED) is 0.205. The summed E-state index contributed by atoms with van der Waals surface area (Å²) < 4.78 is 25.2. The van der Waals surface area contributed by atoms with Gasteiger partial charge >= 0.3 is 0 Å². The lowest BCUT2D eigenvalue weighted by atomic mass is 10.0. The minimum Gasteiger partial charge on any atom is -0.455 e. The summed E-state index contributed by atoms with van der Waals surface area (Å²) in [7, 11) is 0. The Balaban J connectivity index is 1.27. The number of rotatable bonds is 9. The molecule has 5 rings (SSSR count). The highest BCUT2D eigenvalue weighted by atomic mass is 19.1. The lowest BCUT2D eigenvalue weighted by Crippen LogP contribution is -2.24. The number of nitrogens with zero attached hydrogens (tertiary/aromatic N) is 2. The highest BCUT2D eigenvalue weighted by molar-refractivity contribution is 5.97. The number of fused-ring (bicyclic) bond motifs is 1. The highest BCUT2D eigenvalue weighted by Gasteiger charge is 2.19. The van der Waals surface area contributed by atoms with Gasteiger partial charge in [0.15, 0.2) is 0 Å². The number of ether oxygens (including phenoxy) is 2. The Kier molecular flexibility index (Phi) is 7.45. The zero-order chi connectivity index (χ0) is 26.5. The van der Waals surface area contributed by atoms with E-state index in [4.69, 9.17) is 9.47 Å². The molecule has 38 heavy (non-hydrogen) atoms. The summed E-state index contributed by atoms with van der Waals surface area (Å²) in [4.78, 5) is 31.5. The minimum absolute atomic E-state index is 0.0258. The zero-order valence-corrected chi connectivity index (χ0v) is 20.4. The third kappa shape index (κ3) is 5.89. The molecule has 10 nitrogen and oxygen atoms in total. The van der Waals surface area contributed by atoms with Crippen LogP contribution in [0.1, 0.15) is 28.8 Å². The van der Waals surface area contributed by atoms with Crippen LogP contribution in [0.5, 0.6) is 11.5 Å². The maximum atomic E-state index is 14.0. The van der Waals surface area contributed by atoms with Crippen molar-refractivity contribution in [2.45, 2.75) is 19.4 Å². The van der Waals surface area contributed by atoms with E-state index in [-0.39, 0.29) is 23.5 Å². The second-order valence-electron chi connectivity index (χ2n) is 9.06. The van der Waals surface area contributed by atoms with Gasteiger partial charge in [-0.2, -0.15) is 0 Å². The van der Waals surface area contributed by atoms with E-state index in [2.05, 4.69) is 20.6 Å². The van der Waals surface area contributed by atoms with Gasteiger partial charge in [-0.15, -0.1) is 0 Å². The summed E-state index contributed by atoms with van der Waals surface area (Å²) in [5, 5.41) is 18.4. The molecule has 11 heteroatoms. The number of carbonyl (C=O) groups excluding carboxylic acids is 1. The standard InChI is InChI=1S/C27H26FN5O5/c28-20-2-3-22(25(13-20)38-21-12-19-5-8-29-26(19)31-16-21)27(34)32-15-18-1-4-23(24(11-18)33(35)36)30-14-17-6-9-37-10-7-17/h1-5,8,11-13,16-17,30H,6-7,9-10,14-15H2,(H,29,31)(H,32,34). The molecular formula is C27H26FN5O5. The van der Waals surface area contributed by atoms with Crippen LogP contribution in [0.4, 0.5) is 15.8 Å². The topological polar surface area (TPSA) is 131 Å². The van der Waals surface area contributed by atoms with Crippen LogP contribution >= 0.6 is 0 Å². The van der Waals surface area contributed by atoms with Gasteiger partial charge in [-0.05, 0) is 54.7 Å². The summed E-state index contributed by atoms with van der Waals surface area (Å²) >= 11 is 0. The van der Waals surface area contributed by atoms with Crippen LogP contribution in [0.25, 0.3) is 11.0 Å². The molecule has 0 atom stereocenters. The van der Waals surface area contributed by atoms with Crippen LogP contribution in [-0.2, 0) is 11.3 Å². The Morgan fingerprint density at radius 2 is 2.03 bits per heavy atom. The van der Waals surface area contributed by atoms with Crippen molar-refractivity contribution >= 4 is 28.3 Å². The highest BCUT2D eigenvalue weighted by Crippen LogP contribution is 2.29. The molecule has 1 aliphatic heterocycles. The Morgan fingerprint density at radius 3 is 2.84 bits per heavy atom. The van der Waals surface area contributed by atoms with Gasteiger partial charge in [-0.1, -0.05) is 6.07 Å². The number of halogens is 1. The predicted octanol–water partition coefficient (Wildman–Crippen LogP) is 5.17. The van der Waals surface area contributed by atoms with Gasteiger partial charge in [-0.3, -0.25) is 14.9 Å². The van der Waals surface area contributed by atoms with E-state index in [1.807, 2.05) is 6.07 Å². The zero-order valence-electron chi connectivity index (χ0n) is 20.4. The maximum absolute atomic E-state index is 14.0. The minimum atomic E-state index is -0.563. The van der Waals surface area contributed by atoms with Gasteiger partial charge in [0.1, 0.15) is 28.7 Å². The summed E-state index contributed by atoms with van der Waals surface area (Å²) in [5.74, 6) is -0.309. The number of nitro groups is 1. The Morgan fingerprint density at radius 1 is 1.18 bits per heavy atom. The monoisotopic (exact) mass is 519 g/mol. The van der Waals surface area contributed by atoms with Crippen LogP contribution in [0.3, 0.4) is 0 Å². The Bertz CT molecular complexity index is 1470. The number of anilines is 1.